The molecule has 1 heterocycles. The summed E-state index contributed by atoms with van der Waals surface area (Å²) < 4.78 is 5.29. The standard InChI is InChI=1S/C18H21N3O2S/c1-14(9-10-19)24-17-8-4-3-7-16(17)20-18(22)13-21(2)12-15-6-5-11-23-15/h3-8,11,14H,9,12-13H2,1-2H3,(H,20,22). The lowest BCUT2D eigenvalue weighted by Crippen LogP contribution is -2.29. The number of nitrogens with one attached hydrogen (secondary N) is 1. The van der Waals surface area contributed by atoms with Crippen LogP contribution in [0.25, 0.3) is 0 Å². The van der Waals surface area contributed by atoms with Crippen LogP contribution in [0.3, 0.4) is 0 Å². The van der Waals surface area contributed by atoms with Gasteiger partial charge in [0.05, 0.1) is 31.1 Å². The molecule has 6 heteroatoms. The van der Waals surface area contributed by atoms with Crippen molar-refractivity contribution < 1.29 is 9.21 Å². The van der Waals surface area contributed by atoms with Crippen molar-refractivity contribution in [1.29, 1.82) is 5.26 Å². The maximum Gasteiger partial charge on any atom is 0.238 e. The van der Waals surface area contributed by atoms with Gasteiger partial charge in [-0.3, -0.25) is 9.69 Å². The summed E-state index contributed by atoms with van der Waals surface area (Å²) >= 11 is 1.59. The van der Waals surface area contributed by atoms with E-state index in [9.17, 15) is 4.79 Å². The highest BCUT2D eigenvalue weighted by Gasteiger charge is 2.12. The number of furan rings is 1. The average Bonchev–Trinajstić information content (AvgIpc) is 3.02. The number of nitrogens with zero attached hydrogens (tertiary/aromatic N) is 2. The van der Waals surface area contributed by atoms with Gasteiger partial charge < -0.3 is 9.73 Å². The van der Waals surface area contributed by atoms with Crippen LogP contribution in [0.15, 0.2) is 52.0 Å². The summed E-state index contributed by atoms with van der Waals surface area (Å²) in [6, 6.07) is 13.6. The van der Waals surface area contributed by atoms with E-state index in [1.807, 2.05) is 55.3 Å². The molecule has 1 aromatic carbocycles. The minimum atomic E-state index is -0.0787. The van der Waals surface area contributed by atoms with Crippen LogP contribution in [0.2, 0.25) is 0 Å². The lowest BCUT2D eigenvalue weighted by molar-refractivity contribution is -0.117. The number of hydrogen-bond acceptors (Lipinski definition) is 5. The Kier molecular flexibility index (Phi) is 6.91. The normalized spacial score (nSPS) is 11.9. The Morgan fingerprint density at radius 2 is 2.17 bits per heavy atom. The fourth-order valence-electron chi connectivity index (χ4n) is 2.22. The molecular formula is C18H21N3O2S. The van der Waals surface area contributed by atoms with Gasteiger partial charge >= 0.3 is 0 Å². The zero-order valence-corrected chi connectivity index (χ0v) is 14.7. The molecule has 126 valence electrons. The van der Waals surface area contributed by atoms with Gasteiger partial charge in [-0.15, -0.1) is 11.8 Å². The largest absolute Gasteiger partial charge is 0.468 e. The predicted molar refractivity (Wildman–Crippen MR) is 95.7 cm³/mol. The smallest absolute Gasteiger partial charge is 0.238 e. The molecule has 0 fully saturated rings. The van der Waals surface area contributed by atoms with Crippen molar-refractivity contribution in [3.63, 3.8) is 0 Å². The third-order valence-electron chi connectivity index (χ3n) is 3.29. The lowest BCUT2D eigenvalue weighted by atomic mass is 10.3. The van der Waals surface area contributed by atoms with Crippen LogP contribution < -0.4 is 5.32 Å². The Hall–Kier alpha value is -2.23. The number of rotatable bonds is 8. The summed E-state index contributed by atoms with van der Waals surface area (Å²) in [5, 5.41) is 11.9. The Labute approximate surface area is 146 Å². The Morgan fingerprint density at radius 3 is 2.88 bits per heavy atom. The van der Waals surface area contributed by atoms with Crippen LogP contribution in [-0.4, -0.2) is 29.6 Å². The molecule has 5 nitrogen and oxygen atoms in total. The van der Waals surface area contributed by atoms with Crippen LogP contribution in [-0.2, 0) is 11.3 Å². The first-order valence-corrected chi connectivity index (χ1v) is 8.60. The molecule has 0 bridgehead atoms. The van der Waals surface area contributed by atoms with Gasteiger partial charge in [0.15, 0.2) is 0 Å². The van der Waals surface area contributed by atoms with Gasteiger partial charge in [0, 0.05) is 16.6 Å². The summed E-state index contributed by atoms with van der Waals surface area (Å²) in [6.07, 6.45) is 2.10. The van der Waals surface area contributed by atoms with Crippen LogP contribution in [0.5, 0.6) is 0 Å². The summed E-state index contributed by atoms with van der Waals surface area (Å²) in [5.74, 6) is 0.747. The van der Waals surface area contributed by atoms with Gasteiger partial charge in [-0.25, -0.2) is 0 Å². The van der Waals surface area contributed by atoms with Crippen molar-refractivity contribution in [2.24, 2.45) is 0 Å². The topological polar surface area (TPSA) is 69.3 Å². The molecule has 0 saturated heterocycles. The molecular weight excluding hydrogens is 322 g/mol. The molecule has 2 aromatic rings. The number of likely N-dealkylation sites (N-methyl/N-ethyl adjacent to an activating group) is 1. The van der Waals surface area contributed by atoms with Crippen molar-refractivity contribution in [2.45, 2.75) is 30.0 Å². The molecule has 24 heavy (non-hydrogen) atoms. The van der Waals surface area contributed by atoms with E-state index in [0.717, 1.165) is 16.3 Å². The zero-order chi connectivity index (χ0) is 17.4. The molecule has 0 aliphatic heterocycles. The van der Waals surface area contributed by atoms with Crippen molar-refractivity contribution in [3.05, 3.63) is 48.4 Å². The first-order chi connectivity index (χ1) is 11.6. The molecule has 1 aromatic heterocycles. The Morgan fingerprint density at radius 1 is 1.38 bits per heavy atom. The Balaban J connectivity index is 1.92. The zero-order valence-electron chi connectivity index (χ0n) is 13.9. The second-order valence-corrected chi connectivity index (χ2v) is 7.07. The number of anilines is 1. The SMILES string of the molecule is CC(CC#N)Sc1ccccc1NC(=O)CN(C)Cc1ccco1. The van der Waals surface area contributed by atoms with Crippen LogP contribution in [0.1, 0.15) is 19.1 Å². The van der Waals surface area contributed by atoms with Gasteiger partial charge in [-0.2, -0.15) is 5.26 Å². The first kappa shape index (κ1) is 18.1. The van der Waals surface area contributed by atoms with Crippen molar-refractivity contribution in [3.8, 4) is 6.07 Å². The van der Waals surface area contributed by atoms with Crippen molar-refractivity contribution >= 4 is 23.4 Å². The van der Waals surface area contributed by atoms with Crippen molar-refractivity contribution in [2.75, 3.05) is 18.9 Å². The number of thioether (sulfide) groups is 1. The average molecular weight is 343 g/mol. The number of benzene rings is 1. The fourth-order valence-corrected chi connectivity index (χ4v) is 3.21. The molecule has 0 saturated carbocycles. The second-order valence-electron chi connectivity index (χ2n) is 5.59. The van der Waals surface area contributed by atoms with Gasteiger partial charge in [0.2, 0.25) is 5.91 Å². The van der Waals surface area contributed by atoms with E-state index in [-0.39, 0.29) is 17.7 Å². The van der Waals surface area contributed by atoms with E-state index in [0.29, 0.717) is 13.0 Å². The molecule has 1 amide bonds. The van der Waals surface area contributed by atoms with Crippen LogP contribution in [0, 0.1) is 11.3 Å². The summed E-state index contributed by atoms with van der Waals surface area (Å²) in [7, 11) is 1.87. The molecule has 1 unspecified atom stereocenters. The summed E-state index contributed by atoms with van der Waals surface area (Å²) in [6.45, 7) is 2.85. The van der Waals surface area contributed by atoms with Gasteiger partial charge in [0.25, 0.3) is 0 Å². The molecule has 1 N–H and O–H groups in total. The molecule has 0 spiro atoms. The van der Waals surface area contributed by atoms with E-state index < -0.39 is 0 Å². The van der Waals surface area contributed by atoms with Crippen LogP contribution in [0.4, 0.5) is 5.69 Å². The first-order valence-electron chi connectivity index (χ1n) is 7.72. The second kappa shape index (κ2) is 9.16. The number of carbonyl (C=O) groups excluding carboxylic acids is 1. The number of hydrogen-bond donors (Lipinski definition) is 1. The lowest BCUT2D eigenvalue weighted by Gasteiger charge is -2.17. The Bertz CT molecular complexity index is 695. The highest BCUT2D eigenvalue weighted by atomic mass is 32.2. The van der Waals surface area contributed by atoms with E-state index in [1.165, 1.54) is 0 Å². The monoisotopic (exact) mass is 343 g/mol. The van der Waals surface area contributed by atoms with Crippen LogP contribution >= 0.6 is 11.8 Å². The van der Waals surface area contributed by atoms with Gasteiger partial charge in [-0.1, -0.05) is 19.1 Å². The molecule has 0 radical (unpaired) electrons. The highest BCUT2D eigenvalue weighted by molar-refractivity contribution is 8.00. The van der Waals surface area contributed by atoms with E-state index in [2.05, 4.69) is 11.4 Å². The van der Waals surface area contributed by atoms with E-state index in [1.54, 1.807) is 18.0 Å². The predicted octanol–water partition coefficient (Wildman–Crippen LogP) is 3.74. The minimum absolute atomic E-state index is 0.0787. The maximum atomic E-state index is 12.3. The highest BCUT2D eigenvalue weighted by Crippen LogP contribution is 2.31. The fraction of sp³-hybridized carbons (Fsp3) is 0.333. The number of nitriles is 1. The number of amides is 1. The summed E-state index contributed by atoms with van der Waals surface area (Å²) in [4.78, 5) is 15.1. The number of carbonyl (C=O) groups is 1. The third-order valence-corrected chi connectivity index (χ3v) is 4.47. The molecule has 0 aliphatic carbocycles. The molecule has 0 aliphatic rings. The third kappa shape index (κ3) is 5.76. The number of para-hydroxylation sites is 1. The quantitative estimate of drug-likeness (QED) is 0.739. The van der Waals surface area contributed by atoms with E-state index in [4.69, 9.17) is 9.68 Å². The summed E-state index contributed by atoms with van der Waals surface area (Å²) in [5.41, 5.74) is 0.781. The molecule has 1 atom stereocenters. The van der Waals surface area contributed by atoms with Crippen molar-refractivity contribution in [1.82, 2.24) is 4.90 Å². The van der Waals surface area contributed by atoms with Gasteiger partial charge in [-0.05, 0) is 31.3 Å². The van der Waals surface area contributed by atoms with Gasteiger partial charge in [0.1, 0.15) is 5.76 Å². The molecule has 2 rings (SSSR count). The maximum absolute atomic E-state index is 12.3. The van der Waals surface area contributed by atoms with E-state index >= 15 is 0 Å². The minimum Gasteiger partial charge on any atom is -0.468 e.